The number of aliphatic hydroxyl groups excluding tert-OH is 2. The lowest BCUT2D eigenvalue weighted by atomic mass is 9.92. The van der Waals surface area contributed by atoms with Gasteiger partial charge in [0, 0.05) is 5.92 Å². The Morgan fingerprint density at radius 2 is 1.97 bits per heavy atom. The monoisotopic (exact) mass is 456 g/mol. The van der Waals surface area contributed by atoms with Crippen molar-refractivity contribution in [3.8, 4) is 0 Å². The van der Waals surface area contributed by atoms with Gasteiger partial charge in [-0.25, -0.2) is 0 Å². The Bertz CT molecular complexity index is 730. The van der Waals surface area contributed by atoms with E-state index in [-0.39, 0.29) is 12.0 Å². The Labute approximate surface area is 201 Å². The van der Waals surface area contributed by atoms with Crippen molar-refractivity contribution in [1.82, 2.24) is 0 Å². The molecular weight excluding hydrogens is 412 g/mol. The minimum absolute atomic E-state index is 0.0304. The fourth-order valence-electron chi connectivity index (χ4n) is 4.46. The molecule has 0 radical (unpaired) electrons. The highest BCUT2D eigenvalue weighted by atomic mass is 16.5. The minimum atomic E-state index is -0.592. The third kappa shape index (κ3) is 11.3. The van der Waals surface area contributed by atoms with Crippen LogP contribution in [0.1, 0.15) is 59.3 Å². The highest BCUT2D eigenvalue weighted by Gasteiger charge is 2.17. The topological polar surface area (TPSA) is 58.9 Å². The molecule has 2 heterocycles. The first kappa shape index (κ1) is 27.5. The maximum Gasteiger partial charge on any atom is 0.0798 e. The van der Waals surface area contributed by atoms with Gasteiger partial charge in [0.25, 0.3) is 0 Å². The standard InChI is InChI=1S/C29H44O4/c1-5-9-25(29(31)14-13-28-20-22(2)15-17-33-28)10-8-11-26(30)19-23(3)18-24(4)21-27-12-6-7-16-32-27/h5-9,11,13-15,24-31H,3,10,12,16-21H2,1-2,4H3/b9-5-,11-8+,14-13+. The molecule has 0 fully saturated rings. The van der Waals surface area contributed by atoms with Crippen LogP contribution in [0.3, 0.4) is 0 Å². The number of hydrogen-bond donors (Lipinski definition) is 2. The zero-order valence-electron chi connectivity index (χ0n) is 20.7. The van der Waals surface area contributed by atoms with Gasteiger partial charge in [-0.3, -0.25) is 0 Å². The van der Waals surface area contributed by atoms with Crippen LogP contribution in [0.25, 0.3) is 0 Å². The van der Waals surface area contributed by atoms with Gasteiger partial charge in [0.1, 0.15) is 0 Å². The average Bonchev–Trinajstić information content (AvgIpc) is 2.77. The fourth-order valence-corrected chi connectivity index (χ4v) is 4.46. The zero-order chi connectivity index (χ0) is 24.1. The minimum Gasteiger partial charge on any atom is -0.389 e. The summed E-state index contributed by atoms with van der Waals surface area (Å²) in [7, 11) is 0. The van der Waals surface area contributed by atoms with Gasteiger partial charge in [-0.2, -0.15) is 0 Å². The number of ether oxygens (including phenoxy) is 2. The van der Waals surface area contributed by atoms with E-state index in [9.17, 15) is 10.2 Å². The van der Waals surface area contributed by atoms with Gasteiger partial charge < -0.3 is 19.7 Å². The van der Waals surface area contributed by atoms with Crippen LogP contribution in [0.4, 0.5) is 0 Å². The number of allylic oxidation sites excluding steroid dienone is 2. The van der Waals surface area contributed by atoms with Crippen molar-refractivity contribution in [1.29, 1.82) is 0 Å². The molecule has 4 nitrogen and oxygen atoms in total. The molecule has 0 spiro atoms. The molecule has 2 aliphatic rings. The van der Waals surface area contributed by atoms with Gasteiger partial charge in [0.05, 0.1) is 37.6 Å². The summed E-state index contributed by atoms with van der Waals surface area (Å²) < 4.78 is 11.5. The Hall–Kier alpha value is -1.72. The zero-order valence-corrected chi connectivity index (χ0v) is 20.7. The molecule has 6 atom stereocenters. The van der Waals surface area contributed by atoms with Crippen LogP contribution < -0.4 is 0 Å². The van der Waals surface area contributed by atoms with Crippen LogP contribution in [-0.4, -0.2) is 47.8 Å². The Balaban J connectivity index is 1.74. The smallest absolute Gasteiger partial charge is 0.0798 e. The van der Waals surface area contributed by atoms with Crippen LogP contribution in [0.2, 0.25) is 0 Å². The first-order valence-electron chi connectivity index (χ1n) is 12.4. The molecule has 4 heteroatoms. The Morgan fingerprint density at radius 1 is 1.15 bits per heavy atom. The molecule has 0 aromatic carbocycles. The summed E-state index contributed by atoms with van der Waals surface area (Å²) in [6.07, 6.45) is 22.1. The molecule has 33 heavy (non-hydrogen) atoms. The van der Waals surface area contributed by atoms with Crippen molar-refractivity contribution in [2.24, 2.45) is 11.8 Å². The summed E-state index contributed by atoms with van der Waals surface area (Å²) >= 11 is 0. The van der Waals surface area contributed by atoms with E-state index >= 15 is 0 Å². The summed E-state index contributed by atoms with van der Waals surface area (Å²) in [5.74, 6) is 0.446. The first-order valence-corrected chi connectivity index (χ1v) is 12.4. The van der Waals surface area contributed by atoms with Crippen molar-refractivity contribution >= 4 is 0 Å². The van der Waals surface area contributed by atoms with Crippen LogP contribution in [0, 0.1) is 11.8 Å². The molecule has 0 saturated carbocycles. The second-order valence-corrected chi connectivity index (χ2v) is 9.58. The van der Waals surface area contributed by atoms with E-state index in [1.54, 1.807) is 0 Å². The van der Waals surface area contributed by atoms with E-state index in [0.717, 1.165) is 31.3 Å². The normalized spacial score (nSPS) is 25.4. The third-order valence-electron chi connectivity index (χ3n) is 6.23. The molecule has 2 rings (SSSR count). The summed E-state index contributed by atoms with van der Waals surface area (Å²) in [5, 5.41) is 21.1. The van der Waals surface area contributed by atoms with E-state index in [2.05, 4.69) is 38.7 Å². The average molecular weight is 457 g/mol. The predicted octanol–water partition coefficient (Wildman–Crippen LogP) is 5.85. The van der Waals surface area contributed by atoms with E-state index in [4.69, 9.17) is 9.47 Å². The maximum atomic E-state index is 10.6. The Morgan fingerprint density at radius 3 is 2.67 bits per heavy atom. The summed E-state index contributed by atoms with van der Waals surface area (Å²) in [6, 6.07) is 0. The Kier molecular flexibility index (Phi) is 12.7. The predicted molar refractivity (Wildman–Crippen MR) is 137 cm³/mol. The van der Waals surface area contributed by atoms with Gasteiger partial charge in [-0.05, 0) is 58.3 Å². The van der Waals surface area contributed by atoms with Gasteiger partial charge in [0.2, 0.25) is 0 Å². The van der Waals surface area contributed by atoms with E-state index in [1.807, 2.05) is 43.4 Å². The van der Waals surface area contributed by atoms with Gasteiger partial charge in [-0.1, -0.05) is 79.3 Å². The van der Waals surface area contributed by atoms with Gasteiger partial charge in [-0.15, -0.1) is 0 Å². The lowest BCUT2D eigenvalue weighted by Crippen LogP contribution is -2.19. The highest BCUT2D eigenvalue weighted by Crippen LogP contribution is 2.23. The van der Waals surface area contributed by atoms with Crippen LogP contribution in [0.5, 0.6) is 0 Å². The summed E-state index contributed by atoms with van der Waals surface area (Å²) in [6.45, 7) is 11.8. The lowest BCUT2D eigenvalue weighted by molar-refractivity contribution is 0.0508. The second kappa shape index (κ2) is 15.2. The van der Waals surface area contributed by atoms with Crippen molar-refractivity contribution in [2.75, 3.05) is 13.2 Å². The number of hydrogen-bond acceptors (Lipinski definition) is 4. The maximum absolute atomic E-state index is 10.6. The molecule has 6 unspecified atom stereocenters. The number of aliphatic hydroxyl groups is 2. The molecule has 0 bridgehead atoms. The molecule has 2 N–H and O–H groups in total. The molecule has 0 saturated heterocycles. The summed E-state index contributed by atoms with van der Waals surface area (Å²) in [5.41, 5.74) is 2.39. The van der Waals surface area contributed by atoms with Crippen LogP contribution in [-0.2, 0) is 9.47 Å². The van der Waals surface area contributed by atoms with Crippen molar-refractivity contribution in [2.45, 2.75) is 83.7 Å². The molecule has 0 aliphatic carbocycles. The van der Waals surface area contributed by atoms with Crippen molar-refractivity contribution in [3.63, 3.8) is 0 Å². The highest BCUT2D eigenvalue weighted by molar-refractivity contribution is 5.11. The molecule has 2 aliphatic heterocycles. The fraction of sp³-hybridized carbons (Fsp3) is 0.586. The first-order chi connectivity index (χ1) is 15.9. The molecular formula is C29H44O4. The molecule has 0 amide bonds. The quantitative estimate of drug-likeness (QED) is 0.342. The largest absolute Gasteiger partial charge is 0.389 e. The summed E-state index contributed by atoms with van der Waals surface area (Å²) in [4.78, 5) is 0. The van der Waals surface area contributed by atoms with Gasteiger partial charge in [0.15, 0.2) is 0 Å². The second-order valence-electron chi connectivity index (χ2n) is 9.58. The van der Waals surface area contributed by atoms with E-state index in [0.29, 0.717) is 38.1 Å². The van der Waals surface area contributed by atoms with Crippen LogP contribution in [0.15, 0.2) is 72.4 Å². The van der Waals surface area contributed by atoms with Crippen molar-refractivity contribution < 1.29 is 19.7 Å². The molecule has 184 valence electrons. The van der Waals surface area contributed by atoms with Gasteiger partial charge >= 0.3 is 0 Å². The third-order valence-corrected chi connectivity index (χ3v) is 6.23. The van der Waals surface area contributed by atoms with Crippen molar-refractivity contribution in [3.05, 3.63) is 72.4 Å². The SMILES string of the molecule is C=C(CC(O)/C=C/CC(/C=C\C)C(O)/C=C/C1CC(C)=CCO1)CC(C)CC1CC=CCO1. The molecule has 0 aromatic rings. The van der Waals surface area contributed by atoms with E-state index in [1.165, 1.54) is 5.57 Å². The van der Waals surface area contributed by atoms with Crippen LogP contribution >= 0.6 is 0 Å². The lowest BCUT2D eigenvalue weighted by Gasteiger charge is -2.23. The number of rotatable bonds is 13. The van der Waals surface area contributed by atoms with E-state index < -0.39 is 12.2 Å². The molecule has 0 aromatic heterocycles.